The SMILES string of the molecule is CC(C)n1cc(CNC(=O)C2CCCc3ccccc32)cn1. The minimum Gasteiger partial charge on any atom is -0.351 e. The molecule has 1 aliphatic carbocycles. The summed E-state index contributed by atoms with van der Waals surface area (Å²) in [4.78, 5) is 12.5. The van der Waals surface area contributed by atoms with Crippen molar-refractivity contribution in [2.24, 2.45) is 0 Å². The molecule has 1 aromatic carbocycles. The molecule has 1 heterocycles. The number of aryl methyl sites for hydroxylation is 1. The van der Waals surface area contributed by atoms with Crippen molar-refractivity contribution in [1.29, 1.82) is 0 Å². The summed E-state index contributed by atoms with van der Waals surface area (Å²) in [5.74, 6) is 0.120. The van der Waals surface area contributed by atoms with Crippen LogP contribution in [0.3, 0.4) is 0 Å². The number of carbonyl (C=O) groups excluding carboxylic acids is 1. The van der Waals surface area contributed by atoms with Crippen LogP contribution < -0.4 is 5.32 Å². The highest BCUT2D eigenvalue weighted by Gasteiger charge is 2.25. The molecule has 116 valence electrons. The molecule has 0 radical (unpaired) electrons. The lowest BCUT2D eigenvalue weighted by Gasteiger charge is -2.24. The molecule has 1 unspecified atom stereocenters. The number of nitrogens with zero attached hydrogens (tertiary/aromatic N) is 2. The second-order valence-electron chi connectivity index (χ2n) is 6.28. The van der Waals surface area contributed by atoms with Crippen LogP contribution in [-0.2, 0) is 17.8 Å². The standard InChI is InChI=1S/C18H23N3O/c1-13(2)21-12-14(11-20-21)10-19-18(22)17-9-5-7-15-6-3-4-8-16(15)17/h3-4,6,8,11-13,17H,5,7,9-10H2,1-2H3,(H,19,22). The van der Waals surface area contributed by atoms with Gasteiger partial charge in [-0.2, -0.15) is 5.10 Å². The van der Waals surface area contributed by atoms with E-state index in [1.807, 2.05) is 23.1 Å². The first-order valence-corrected chi connectivity index (χ1v) is 8.03. The smallest absolute Gasteiger partial charge is 0.227 e. The van der Waals surface area contributed by atoms with Crippen LogP contribution in [0.5, 0.6) is 0 Å². The van der Waals surface area contributed by atoms with Gasteiger partial charge in [0.15, 0.2) is 0 Å². The van der Waals surface area contributed by atoms with Gasteiger partial charge in [-0.15, -0.1) is 0 Å². The normalized spacial score (nSPS) is 17.3. The van der Waals surface area contributed by atoms with Crippen LogP contribution in [0.25, 0.3) is 0 Å². The lowest BCUT2D eigenvalue weighted by atomic mass is 9.82. The van der Waals surface area contributed by atoms with Crippen LogP contribution in [-0.4, -0.2) is 15.7 Å². The van der Waals surface area contributed by atoms with Gasteiger partial charge in [-0.25, -0.2) is 0 Å². The Kier molecular flexibility index (Phi) is 4.27. The third-order valence-electron chi connectivity index (χ3n) is 4.34. The van der Waals surface area contributed by atoms with Crippen molar-refractivity contribution >= 4 is 5.91 Å². The average molecular weight is 297 g/mol. The van der Waals surface area contributed by atoms with E-state index in [4.69, 9.17) is 0 Å². The predicted octanol–water partition coefficient (Wildman–Crippen LogP) is 3.20. The summed E-state index contributed by atoms with van der Waals surface area (Å²) < 4.78 is 1.91. The molecule has 0 saturated carbocycles. The third-order valence-corrected chi connectivity index (χ3v) is 4.34. The second kappa shape index (κ2) is 6.34. The number of hydrogen-bond donors (Lipinski definition) is 1. The number of carbonyl (C=O) groups is 1. The Bertz CT molecular complexity index is 660. The summed E-state index contributed by atoms with van der Waals surface area (Å²) in [5.41, 5.74) is 3.57. The lowest BCUT2D eigenvalue weighted by molar-refractivity contribution is -0.123. The molecular weight excluding hydrogens is 274 g/mol. The van der Waals surface area contributed by atoms with E-state index < -0.39 is 0 Å². The van der Waals surface area contributed by atoms with Gasteiger partial charge in [0.25, 0.3) is 0 Å². The van der Waals surface area contributed by atoms with Gasteiger partial charge in [0.05, 0.1) is 12.1 Å². The maximum atomic E-state index is 12.5. The summed E-state index contributed by atoms with van der Waals surface area (Å²) in [6, 6.07) is 8.66. The van der Waals surface area contributed by atoms with E-state index in [0.29, 0.717) is 12.6 Å². The molecule has 0 saturated heterocycles. The fourth-order valence-corrected chi connectivity index (χ4v) is 3.09. The van der Waals surface area contributed by atoms with Gasteiger partial charge in [0, 0.05) is 24.3 Å². The van der Waals surface area contributed by atoms with E-state index >= 15 is 0 Å². The minimum absolute atomic E-state index is 0.00917. The number of benzene rings is 1. The molecule has 0 spiro atoms. The minimum atomic E-state index is -0.00917. The van der Waals surface area contributed by atoms with Gasteiger partial charge in [0.2, 0.25) is 5.91 Å². The monoisotopic (exact) mass is 297 g/mol. The third kappa shape index (κ3) is 3.06. The van der Waals surface area contributed by atoms with Crippen molar-refractivity contribution in [3.63, 3.8) is 0 Å². The molecule has 22 heavy (non-hydrogen) atoms. The largest absolute Gasteiger partial charge is 0.351 e. The van der Waals surface area contributed by atoms with Crippen LogP contribution >= 0.6 is 0 Å². The van der Waals surface area contributed by atoms with Crippen molar-refractivity contribution in [2.45, 2.75) is 51.6 Å². The molecule has 1 aliphatic rings. The fourth-order valence-electron chi connectivity index (χ4n) is 3.09. The van der Waals surface area contributed by atoms with Gasteiger partial charge in [-0.3, -0.25) is 9.48 Å². The van der Waals surface area contributed by atoms with E-state index in [9.17, 15) is 4.79 Å². The highest BCUT2D eigenvalue weighted by atomic mass is 16.1. The first-order valence-electron chi connectivity index (χ1n) is 8.03. The molecule has 1 atom stereocenters. The molecule has 3 rings (SSSR count). The van der Waals surface area contributed by atoms with Crippen LogP contribution in [0.15, 0.2) is 36.7 Å². The van der Waals surface area contributed by atoms with Crippen LogP contribution in [0, 0.1) is 0 Å². The van der Waals surface area contributed by atoms with Gasteiger partial charge in [-0.1, -0.05) is 24.3 Å². The lowest BCUT2D eigenvalue weighted by Crippen LogP contribution is -2.30. The molecular formula is C18H23N3O. The van der Waals surface area contributed by atoms with Crippen LogP contribution in [0.2, 0.25) is 0 Å². The fraction of sp³-hybridized carbons (Fsp3) is 0.444. The van der Waals surface area contributed by atoms with Crippen molar-refractivity contribution in [3.8, 4) is 0 Å². The molecule has 4 nitrogen and oxygen atoms in total. The Morgan fingerprint density at radius 1 is 1.41 bits per heavy atom. The van der Waals surface area contributed by atoms with Crippen molar-refractivity contribution in [1.82, 2.24) is 15.1 Å². The zero-order valence-electron chi connectivity index (χ0n) is 13.2. The Balaban J connectivity index is 1.65. The Morgan fingerprint density at radius 2 is 2.23 bits per heavy atom. The predicted molar refractivity (Wildman–Crippen MR) is 86.6 cm³/mol. The van der Waals surface area contributed by atoms with E-state index in [1.165, 1.54) is 11.1 Å². The van der Waals surface area contributed by atoms with Crippen LogP contribution in [0.1, 0.15) is 55.3 Å². The highest BCUT2D eigenvalue weighted by Crippen LogP contribution is 2.31. The molecule has 1 amide bonds. The number of amides is 1. The summed E-state index contributed by atoms with van der Waals surface area (Å²) in [6.07, 6.45) is 6.93. The first kappa shape index (κ1) is 14.8. The summed E-state index contributed by atoms with van der Waals surface area (Å²) >= 11 is 0. The molecule has 2 aromatic rings. The van der Waals surface area contributed by atoms with Crippen molar-refractivity contribution in [2.75, 3.05) is 0 Å². The highest BCUT2D eigenvalue weighted by molar-refractivity contribution is 5.84. The quantitative estimate of drug-likeness (QED) is 0.942. The maximum Gasteiger partial charge on any atom is 0.227 e. The van der Waals surface area contributed by atoms with Crippen molar-refractivity contribution < 1.29 is 4.79 Å². The summed E-state index contributed by atoms with van der Waals surface area (Å²) in [7, 11) is 0. The molecule has 4 heteroatoms. The Hall–Kier alpha value is -2.10. The van der Waals surface area contributed by atoms with Crippen molar-refractivity contribution in [3.05, 3.63) is 53.3 Å². The van der Waals surface area contributed by atoms with Gasteiger partial charge >= 0.3 is 0 Å². The average Bonchev–Trinajstić information content (AvgIpc) is 3.01. The zero-order valence-corrected chi connectivity index (χ0v) is 13.2. The second-order valence-corrected chi connectivity index (χ2v) is 6.28. The summed E-state index contributed by atoms with van der Waals surface area (Å²) in [6.45, 7) is 4.73. The number of hydrogen-bond acceptors (Lipinski definition) is 2. The van der Waals surface area contributed by atoms with E-state index in [2.05, 4.69) is 42.5 Å². The molecule has 1 N–H and O–H groups in total. The zero-order chi connectivity index (χ0) is 15.5. The molecule has 0 bridgehead atoms. The maximum absolute atomic E-state index is 12.5. The number of aromatic nitrogens is 2. The number of nitrogens with one attached hydrogen (secondary N) is 1. The van der Waals surface area contributed by atoms with Crippen LogP contribution in [0.4, 0.5) is 0 Å². The first-order chi connectivity index (χ1) is 10.6. The van der Waals surface area contributed by atoms with E-state index in [1.54, 1.807) is 0 Å². The van der Waals surface area contributed by atoms with Gasteiger partial charge in [0.1, 0.15) is 0 Å². The van der Waals surface area contributed by atoms with E-state index in [0.717, 1.165) is 24.8 Å². The summed E-state index contributed by atoms with van der Waals surface area (Å²) in [5, 5.41) is 7.38. The van der Waals surface area contributed by atoms with E-state index in [-0.39, 0.29) is 11.8 Å². The Morgan fingerprint density at radius 3 is 3.00 bits per heavy atom. The molecule has 0 aliphatic heterocycles. The van der Waals surface area contributed by atoms with Gasteiger partial charge in [-0.05, 0) is 44.2 Å². The topological polar surface area (TPSA) is 46.9 Å². The number of fused-ring (bicyclic) bond motifs is 1. The molecule has 0 fully saturated rings. The molecule has 1 aromatic heterocycles. The Labute approximate surface area is 131 Å². The number of rotatable bonds is 4. The van der Waals surface area contributed by atoms with Gasteiger partial charge < -0.3 is 5.32 Å².